The molecule has 2 aromatic rings. The number of nitrogens with zero attached hydrogens (tertiary/aromatic N) is 4. The van der Waals surface area contributed by atoms with Gasteiger partial charge in [-0.15, -0.1) is 5.10 Å². The van der Waals surface area contributed by atoms with Gasteiger partial charge < -0.3 is 10.6 Å². The maximum Gasteiger partial charge on any atom is 0.180 e. The molecule has 3 rings (SSSR count). The minimum Gasteiger partial charge on any atom is -0.377 e. The van der Waals surface area contributed by atoms with Gasteiger partial charge in [-0.25, -0.2) is 4.39 Å². The van der Waals surface area contributed by atoms with Gasteiger partial charge in [-0.2, -0.15) is 5.10 Å². The number of halogens is 1. The molecule has 0 radical (unpaired) electrons. The highest BCUT2D eigenvalue weighted by molar-refractivity contribution is 8.13. The molecule has 0 spiro atoms. The van der Waals surface area contributed by atoms with Gasteiger partial charge in [0.1, 0.15) is 5.82 Å². The zero-order valence-corrected chi connectivity index (χ0v) is 16.9. The number of piperazine rings is 1. The Morgan fingerprint density at radius 3 is 2.61 bits per heavy atom. The molecule has 2 N–H and O–H groups in total. The average Bonchev–Trinajstić information content (AvgIpc) is 2.71. The van der Waals surface area contributed by atoms with Crippen molar-refractivity contribution < 1.29 is 4.39 Å². The Morgan fingerprint density at radius 1 is 1.14 bits per heavy atom. The van der Waals surface area contributed by atoms with E-state index in [-0.39, 0.29) is 5.82 Å². The van der Waals surface area contributed by atoms with Crippen LogP contribution in [0.15, 0.2) is 58.7 Å². The molecule has 0 amide bonds. The highest BCUT2D eigenvalue weighted by atomic mass is 32.2. The largest absolute Gasteiger partial charge is 0.377 e. The summed E-state index contributed by atoms with van der Waals surface area (Å²) in [4.78, 5) is 4.57. The molecule has 1 saturated heterocycles. The van der Waals surface area contributed by atoms with Gasteiger partial charge in [0.25, 0.3) is 0 Å². The minimum atomic E-state index is -0.210. The summed E-state index contributed by atoms with van der Waals surface area (Å²) in [6.45, 7) is 4.61. The molecular weight excluding hydrogens is 373 g/mol. The van der Waals surface area contributed by atoms with E-state index in [4.69, 9.17) is 5.73 Å². The molecule has 5 nitrogen and oxygen atoms in total. The lowest BCUT2D eigenvalue weighted by Gasteiger charge is -2.32. The molecule has 0 aromatic heterocycles. The predicted molar refractivity (Wildman–Crippen MR) is 116 cm³/mol. The van der Waals surface area contributed by atoms with E-state index in [2.05, 4.69) is 27.1 Å². The van der Waals surface area contributed by atoms with Gasteiger partial charge in [0.05, 0.1) is 6.21 Å². The van der Waals surface area contributed by atoms with Crippen LogP contribution in [-0.4, -0.2) is 54.4 Å². The van der Waals surface area contributed by atoms with Crippen molar-refractivity contribution in [2.24, 2.45) is 15.9 Å². The van der Waals surface area contributed by atoms with E-state index < -0.39 is 0 Å². The highest BCUT2D eigenvalue weighted by Crippen LogP contribution is 2.14. The monoisotopic (exact) mass is 399 g/mol. The molecule has 1 aliphatic heterocycles. The van der Waals surface area contributed by atoms with Crippen molar-refractivity contribution in [2.75, 3.05) is 33.2 Å². The number of benzene rings is 2. The Labute approximate surface area is 170 Å². The number of thioether (sulfide) groups is 1. The standard InChI is InChI=1S/C21H26FN5S/c1-26-9-11-27(12-10-26)15-19-8-7-18(13-20(19)22)14-24-25-21(23)28-16-17-5-3-2-4-6-17/h2-8,13-14H,9-12,15-16H2,1H3,(H2,23,25). The molecule has 148 valence electrons. The fraction of sp³-hybridized carbons (Fsp3) is 0.333. The van der Waals surface area contributed by atoms with Crippen molar-refractivity contribution in [1.29, 1.82) is 0 Å². The van der Waals surface area contributed by atoms with Crippen LogP contribution >= 0.6 is 11.8 Å². The third-order valence-corrected chi connectivity index (χ3v) is 5.51. The van der Waals surface area contributed by atoms with E-state index in [0.29, 0.717) is 22.8 Å². The van der Waals surface area contributed by atoms with Crippen molar-refractivity contribution in [2.45, 2.75) is 12.3 Å². The summed E-state index contributed by atoms with van der Waals surface area (Å²) in [6, 6.07) is 15.2. The third kappa shape index (κ3) is 6.44. The molecule has 1 fully saturated rings. The molecule has 0 aliphatic carbocycles. The van der Waals surface area contributed by atoms with Gasteiger partial charge in [-0.05, 0) is 24.2 Å². The zero-order valence-electron chi connectivity index (χ0n) is 16.1. The summed E-state index contributed by atoms with van der Waals surface area (Å²) in [6.07, 6.45) is 1.53. The fourth-order valence-corrected chi connectivity index (χ4v) is 3.54. The Hall–Kier alpha value is -2.22. The molecule has 7 heteroatoms. The van der Waals surface area contributed by atoms with Crippen molar-refractivity contribution in [1.82, 2.24) is 9.80 Å². The Balaban J connectivity index is 1.51. The lowest BCUT2D eigenvalue weighted by molar-refractivity contribution is 0.147. The lowest BCUT2D eigenvalue weighted by Crippen LogP contribution is -2.44. The molecule has 0 atom stereocenters. The second kappa shape index (κ2) is 10.4. The van der Waals surface area contributed by atoms with Crippen molar-refractivity contribution in [3.05, 3.63) is 71.0 Å². The SMILES string of the molecule is CN1CCN(Cc2ccc(C=NN=C(N)SCc3ccccc3)cc2F)CC1. The summed E-state index contributed by atoms with van der Waals surface area (Å²) in [5.74, 6) is 0.527. The number of hydrogen-bond acceptors (Lipinski definition) is 5. The zero-order chi connectivity index (χ0) is 19.8. The smallest absolute Gasteiger partial charge is 0.180 e. The number of hydrogen-bond donors (Lipinski definition) is 1. The van der Waals surface area contributed by atoms with Gasteiger partial charge in [0.2, 0.25) is 0 Å². The van der Waals surface area contributed by atoms with Crippen LogP contribution in [-0.2, 0) is 12.3 Å². The van der Waals surface area contributed by atoms with Crippen LogP contribution in [0.1, 0.15) is 16.7 Å². The van der Waals surface area contributed by atoms with Crippen LogP contribution in [0, 0.1) is 5.82 Å². The van der Waals surface area contributed by atoms with E-state index in [1.165, 1.54) is 29.6 Å². The van der Waals surface area contributed by atoms with Gasteiger partial charge in [0.15, 0.2) is 5.17 Å². The van der Waals surface area contributed by atoms with Gasteiger partial charge in [0, 0.05) is 44.0 Å². The summed E-state index contributed by atoms with van der Waals surface area (Å²) in [7, 11) is 2.11. The summed E-state index contributed by atoms with van der Waals surface area (Å²) in [5.41, 5.74) is 8.43. The summed E-state index contributed by atoms with van der Waals surface area (Å²) < 4.78 is 14.4. The normalized spacial score (nSPS) is 16.7. The number of likely N-dealkylation sites (N-methyl/N-ethyl adjacent to an activating group) is 1. The number of rotatable bonds is 6. The fourth-order valence-electron chi connectivity index (χ4n) is 2.93. The Morgan fingerprint density at radius 2 is 1.89 bits per heavy atom. The molecule has 1 aliphatic rings. The first kappa shape index (κ1) is 20.5. The van der Waals surface area contributed by atoms with Crippen molar-refractivity contribution >= 4 is 23.1 Å². The van der Waals surface area contributed by atoms with Gasteiger partial charge in [-0.1, -0.05) is 54.2 Å². The Bertz CT molecular complexity index is 817. The minimum absolute atomic E-state index is 0.210. The van der Waals surface area contributed by atoms with E-state index in [1.54, 1.807) is 0 Å². The number of nitrogens with two attached hydrogens (primary N) is 1. The second-order valence-corrected chi connectivity index (χ2v) is 7.88. The second-order valence-electron chi connectivity index (χ2n) is 6.89. The third-order valence-electron chi connectivity index (χ3n) is 4.66. The molecule has 0 unspecified atom stereocenters. The summed E-state index contributed by atoms with van der Waals surface area (Å²) in [5, 5.41) is 8.34. The number of amidine groups is 1. The Kier molecular flexibility index (Phi) is 7.59. The van der Waals surface area contributed by atoms with Gasteiger partial charge >= 0.3 is 0 Å². The van der Waals surface area contributed by atoms with Crippen LogP contribution in [0.3, 0.4) is 0 Å². The maximum atomic E-state index is 14.4. The first-order valence-corrected chi connectivity index (χ1v) is 10.3. The predicted octanol–water partition coefficient (Wildman–Crippen LogP) is 3.16. The topological polar surface area (TPSA) is 57.2 Å². The molecule has 28 heavy (non-hydrogen) atoms. The quantitative estimate of drug-likeness (QED) is 0.461. The molecular formula is C21H26FN5S. The van der Waals surface area contributed by atoms with Crippen molar-refractivity contribution in [3.63, 3.8) is 0 Å². The van der Waals surface area contributed by atoms with Gasteiger partial charge in [-0.3, -0.25) is 4.90 Å². The molecule has 1 heterocycles. The molecule has 0 bridgehead atoms. The van der Waals surface area contributed by atoms with E-state index in [1.807, 2.05) is 42.5 Å². The van der Waals surface area contributed by atoms with Crippen LogP contribution in [0.2, 0.25) is 0 Å². The first-order valence-electron chi connectivity index (χ1n) is 9.33. The first-order chi connectivity index (χ1) is 13.6. The molecule has 0 saturated carbocycles. The lowest BCUT2D eigenvalue weighted by atomic mass is 10.1. The van der Waals surface area contributed by atoms with Crippen molar-refractivity contribution in [3.8, 4) is 0 Å². The van der Waals surface area contributed by atoms with E-state index in [9.17, 15) is 4.39 Å². The van der Waals surface area contributed by atoms with E-state index >= 15 is 0 Å². The van der Waals surface area contributed by atoms with E-state index in [0.717, 1.165) is 31.9 Å². The van der Waals surface area contributed by atoms with Crippen LogP contribution < -0.4 is 5.73 Å². The molecule has 2 aromatic carbocycles. The van der Waals surface area contributed by atoms with Crippen LogP contribution in [0.5, 0.6) is 0 Å². The highest BCUT2D eigenvalue weighted by Gasteiger charge is 2.15. The average molecular weight is 400 g/mol. The van der Waals surface area contributed by atoms with Crippen LogP contribution in [0.25, 0.3) is 0 Å². The maximum absolute atomic E-state index is 14.4. The summed E-state index contributed by atoms with van der Waals surface area (Å²) >= 11 is 1.42. The van der Waals surface area contributed by atoms with Crippen LogP contribution in [0.4, 0.5) is 4.39 Å².